The molecule has 2 aliphatic rings. The fraction of sp³-hybridized carbons (Fsp3) is 0.714. The van der Waals surface area contributed by atoms with Gasteiger partial charge in [0.05, 0.1) is 4.34 Å². The maximum Gasteiger partial charge on any atom is 0.0934 e. The first-order chi connectivity index (χ1) is 8.24. The molecule has 17 heavy (non-hydrogen) atoms. The van der Waals surface area contributed by atoms with Crippen LogP contribution in [0.1, 0.15) is 55.5 Å². The highest BCUT2D eigenvalue weighted by Crippen LogP contribution is 2.40. The lowest BCUT2D eigenvalue weighted by atomic mass is 9.85. The number of halogens is 1. The van der Waals surface area contributed by atoms with Crippen LogP contribution in [0.4, 0.5) is 0 Å². The molecule has 0 radical (unpaired) electrons. The van der Waals surface area contributed by atoms with Gasteiger partial charge in [0.15, 0.2) is 0 Å². The summed E-state index contributed by atoms with van der Waals surface area (Å²) in [5, 5.41) is 3.89. The van der Waals surface area contributed by atoms with Gasteiger partial charge in [-0.05, 0) is 43.2 Å². The van der Waals surface area contributed by atoms with Crippen LogP contribution in [-0.2, 0) is 6.42 Å². The number of hydrogen-bond donors (Lipinski definition) is 1. The molecule has 0 aromatic carbocycles. The number of hydrogen-bond acceptors (Lipinski definition) is 2. The van der Waals surface area contributed by atoms with Gasteiger partial charge in [-0.3, -0.25) is 0 Å². The van der Waals surface area contributed by atoms with Crippen molar-refractivity contribution in [1.29, 1.82) is 0 Å². The van der Waals surface area contributed by atoms with Gasteiger partial charge >= 0.3 is 0 Å². The van der Waals surface area contributed by atoms with E-state index in [0.717, 1.165) is 16.3 Å². The van der Waals surface area contributed by atoms with Crippen molar-refractivity contribution in [2.75, 3.05) is 0 Å². The molecule has 0 amide bonds. The van der Waals surface area contributed by atoms with Crippen molar-refractivity contribution in [2.45, 2.75) is 57.5 Å². The summed E-state index contributed by atoms with van der Waals surface area (Å²) < 4.78 is 0.957. The Kier molecular flexibility index (Phi) is 3.47. The maximum atomic E-state index is 6.11. The molecule has 94 valence electrons. The zero-order chi connectivity index (χ0) is 11.8. The molecule has 2 aliphatic carbocycles. The van der Waals surface area contributed by atoms with Gasteiger partial charge in [-0.25, -0.2) is 0 Å². The van der Waals surface area contributed by atoms with Crippen molar-refractivity contribution in [3.8, 4) is 0 Å². The third kappa shape index (κ3) is 2.40. The highest BCUT2D eigenvalue weighted by molar-refractivity contribution is 7.16. The molecule has 1 aromatic heterocycles. The molecule has 1 nitrogen and oxygen atoms in total. The Labute approximate surface area is 113 Å². The normalized spacial score (nSPS) is 32.7. The molecular weight excluding hydrogens is 250 g/mol. The molecule has 0 aliphatic heterocycles. The Hall–Kier alpha value is -0.0500. The van der Waals surface area contributed by atoms with E-state index in [-0.39, 0.29) is 0 Å². The zero-order valence-electron chi connectivity index (χ0n) is 10.3. The summed E-state index contributed by atoms with van der Waals surface area (Å²) in [5.41, 5.74) is 1.48. The number of aryl methyl sites for hydroxylation is 1. The minimum atomic E-state index is 0.569. The summed E-state index contributed by atoms with van der Waals surface area (Å²) in [7, 11) is 0. The molecule has 1 aromatic rings. The van der Waals surface area contributed by atoms with Gasteiger partial charge in [0.25, 0.3) is 0 Å². The Morgan fingerprint density at radius 1 is 1.29 bits per heavy atom. The zero-order valence-corrected chi connectivity index (χ0v) is 11.9. The van der Waals surface area contributed by atoms with E-state index in [9.17, 15) is 0 Å². The first-order valence-electron chi connectivity index (χ1n) is 6.78. The van der Waals surface area contributed by atoms with Crippen molar-refractivity contribution >= 4 is 22.9 Å². The SMILES string of the molecule is CC1CCCCC1NC1CCc2sc(Cl)cc21. The highest BCUT2D eigenvalue weighted by Gasteiger charge is 2.29. The lowest BCUT2D eigenvalue weighted by Gasteiger charge is -2.32. The van der Waals surface area contributed by atoms with E-state index in [1.165, 1.54) is 49.0 Å². The molecular formula is C14H20ClNS. The molecule has 3 heteroatoms. The molecule has 1 saturated carbocycles. The lowest BCUT2D eigenvalue weighted by molar-refractivity contribution is 0.258. The summed E-state index contributed by atoms with van der Waals surface area (Å²) in [6, 6.07) is 3.47. The Balaban J connectivity index is 1.70. The molecule has 0 saturated heterocycles. The number of thiophene rings is 1. The smallest absolute Gasteiger partial charge is 0.0934 e. The van der Waals surface area contributed by atoms with E-state index in [0.29, 0.717) is 6.04 Å². The van der Waals surface area contributed by atoms with Gasteiger partial charge in [0.2, 0.25) is 0 Å². The van der Waals surface area contributed by atoms with Gasteiger partial charge in [-0.15, -0.1) is 11.3 Å². The second-order valence-electron chi connectivity index (χ2n) is 5.56. The molecule has 1 heterocycles. The Bertz CT molecular complexity index is 401. The van der Waals surface area contributed by atoms with Gasteiger partial charge in [-0.2, -0.15) is 0 Å². The van der Waals surface area contributed by atoms with Crippen LogP contribution in [-0.4, -0.2) is 6.04 Å². The molecule has 0 spiro atoms. The van der Waals surface area contributed by atoms with E-state index in [4.69, 9.17) is 11.6 Å². The van der Waals surface area contributed by atoms with E-state index >= 15 is 0 Å². The van der Waals surface area contributed by atoms with Crippen LogP contribution in [0.25, 0.3) is 0 Å². The maximum absolute atomic E-state index is 6.11. The molecule has 0 bridgehead atoms. The van der Waals surface area contributed by atoms with Gasteiger partial charge in [-0.1, -0.05) is 31.4 Å². The summed E-state index contributed by atoms with van der Waals surface area (Å²) in [6.45, 7) is 2.40. The highest BCUT2D eigenvalue weighted by atomic mass is 35.5. The van der Waals surface area contributed by atoms with E-state index in [2.05, 4.69) is 18.3 Å². The van der Waals surface area contributed by atoms with Crippen LogP contribution in [0.2, 0.25) is 4.34 Å². The molecule has 3 unspecified atom stereocenters. The van der Waals surface area contributed by atoms with Crippen molar-refractivity contribution < 1.29 is 0 Å². The molecule has 1 fully saturated rings. The quantitative estimate of drug-likeness (QED) is 0.830. The third-order valence-electron chi connectivity index (χ3n) is 4.37. The topological polar surface area (TPSA) is 12.0 Å². The molecule has 1 N–H and O–H groups in total. The molecule has 3 atom stereocenters. The van der Waals surface area contributed by atoms with Crippen LogP contribution < -0.4 is 5.32 Å². The standard InChI is InChI=1S/C14H20ClNS/c1-9-4-2-3-5-11(9)16-12-6-7-13-10(12)8-14(15)17-13/h8-9,11-12,16H,2-7H2,1H3. The second kappa shape index (κ2) is 4.91. The fourth-order valence-electron chi connectivity index (χ4n) is 3.33. The summed E-state index contributed by atoms with van der Waals surface area (Å²) in [4.78, 5) is 1.51. The van der Waals surface area contributed by atoms with Crippen LogP contribution in [0.5, 0.6) is 0 Å². The number of nitrogens with one attached hydrogen (secondary N) is 1. The largest absolute Gasteiger partial charge is 0.307 e. The van der Waals surface area contributed by atoms with Crippen molar-refractivity contribution in [3.05, 3.63) is 20.8 Å². The average Bonchev–Trinajstić information content (AvgIpc) is 2.82. The van der Waals surface area contributed by atoms with E-state index in [1.807, 2.05) is 0 Å². The first-order valence-corrected chi connectivity index (χ1v) is 7.97. The first kappa shape index (κ1) is 12.0. The van der Waals surface area contributed by atoms with E-state index in [1.54, 1.807) is 11.3 Å². The summed E-state index contributed by atoms with van der Waals surface area (Å²) >= 11 is 7.87. The summed E-state index contributed by atoms with van der Waals surface area (Å²) in [5.74, 6) is 0.835. The number of rotatable bonds is 2. The predicted molar refractivity (Wildman–Crippen MR) is 74.9 cm³/mol. The van der Waals surface area contributed by atoms with Gasteiger partial charge in [0.1, 0.15) is 0 Å². The van der Waals surface area contributed by atoms with Crippen LogP contribution in [0.15, 0.2) is 6.07 Å². The van der Waals surface area contributed by atoms with E-state index < -0.39 is 0 Å². The van der Waals surface area contributed by atoms with Gasteiger partial charge < -0.3 is 5.32 Å². The Morgan fingerprint density at radius 2 is 2.12 bits per heavy atom. The average molecular weight is 270 g/mol. The lowest BCUT2D eigenvalue weighted by Crippen LogP contribution is -2.38. The Morgan fingerprint density at radius 3 is 2.94 bits per heavy atom. The molecule has 3 rings (SSSR count). The van der Waals surface area contributed by atoms with Crippen LogP contribution in [0.3, 0.4) is 0 Å². The monoisotopic (exact) mass is 269 g/mol. The van der Waals surface area contributed by atoms with Gasteiger partial charge in [0, 0.05) is 17.0 Å². The van der Waals surface area contributed by atoms with Crippen LogP contribution >= 0.6 is 22.9 Å². The minimum Gasteiger partial charge on any atom is -0.307 e. The second-order valence-corrected chi connectivity index (χ2v) is 7.32. The van der Waals surface area contributed by atoms with Crippen molar-refractivity contribution in [2.24, 2.45) is 5.92 Å². The summed E-state index contributed by atoms with van der Waals surface area (Å²) in [6.07, 6.45) is 8.03. The van der Waals surface area contributed by atoms with Crippen molar-refractivity contribution in [1.82, 2.24) is 5.32 Å². The fourth-order valence-corrected chi connectivity index (χ4v) is 4.68. The number of fused-ring (bicyclic) bond motifs is 1. The third-order valence-corrected chi connectivity index (χ3v) is 5.71. The van der Waals surface area contributed by atoms with Crippen molar-refractivity contribution in [3.63, 3.8) is 0 Å². The minimum absolute atomic E-state index is 0.569. The van der Waals surface area contributed by atoms with Crippen LogP contribution in [0, 0.1) is 5.92 Å². The predicted octanol–water partition coefficient (Wildman–Crippen LogP) is 4.56.